The molecular weight excluding hydrogens is 206 g/mol. The first kappa shape index (κ1) is 12.9. The Balaban J connectivity index is 2.77. The third kappa shape index (κ3) is 2.91. The van der Waals surface area contributed by atoms with Crippen molar-refractivity contribution in [1.82, 2.24) is 4.98 Å². The third-order valence-corrected chi connectivity index (χ3v) is 2.73. The Morgan fingerprint density at radius 1 is 1.38 bits per heavy atom. The summed E-state index contributed by atoms with van der Waals surface area (Å²) in [5, 5.41) is 21.6. The first-order valence-corrected chi connectivity index (χ1v) is 5.34. The molecule has 16 heavy (non-hydrogen) atoms. The molecule has 0 amide bonds. The van der Waals surface area contributed by atoms with Crippen LogP contribution in [0.5, 0.6) is 0 Å². The zero-order chi connectivity index (χ0) is 12.0. The second-order valence-electron chi connectivity index (χ2n) is 3.82. The Labute approximate surface area is 95.3 Å². The predicted octanol–water partition coefficient (Wildman–Crippen LogP) is 0.0856. The maximum absolute atomic E-state index is 9.28. The van der Waals surface area contributed by atoms with E-state index < -0.39 is 5.54 Å². The molecule has 0 radical (unpaired) electrons. The van der Waals surface area contributed by atoms with Gasteiger partial charge in [-0.05, 0) is 18.6 Å². The predicted molar refractivity (Wildman–Crippen MR) is 62.9 cm³/mol. The number of hydrogen-bond acceptors (Lipinski definition) is 5. The number of nitrogens with zero attached hydrogens (tertiary/aromatic N) is 1. The third-order valence-electron chi connectivity index (χ3n) is 2.73. The molecule has 0 aromatic carbocycles. The summed E-state index contributed by atoms with van der Waals surface area (Å²) >= 11 is 0. The highest BCUT2D eigenvalue weighted by Crippen LogP contribution is 2.17. The second-order valence-corrected chi connectivity index (χ2v) is 3.82. The molecule has 1 rings (SSSR count). The Hall–Kier alpha value is -1.17. The number of aromatic nitrogens is 1. The lowest BCUT2D eigenvalue weighted by molar-refractivity contribution is 0.132. The van der Waals surface area contributed by atoms with Crippen molar-refractivity contribution in [2.75, 3.05) is 18.5 Å². The van der Waals surface area contributed by atoms with Gasteiger partial charge in [0.25, 0.3) is 0 Å². The van der Waals surface area contributed by atoms with Gasteiger partial charge in [0.05, 0.1) is 36.3 Å². The standard InChI is InChI=1S/C11H19N3O2/c1-2-11(7-15,8-16)14-10-4-3-9(5-12)13-6-10/h3-4,6,14-16H,2,5,7-8,12H2,1H3. The zero-order valence-electron chi connectivity index (χ0n) is 9.48. The lowest BCUT2D eigenvalue weighted by Crippen LogP contribution is -2.45. The molecule has 0 unspecified atom stereocenters. The molecule has 1 aromatic rings. The summed E-state index contributed by atoms with van der Waals surface area (Å²) in [5.74, 6) is 0. The van der Waals surface area contributed by atoms with Crippen molar-refractivity contribution in [3.63, 3.8) is 0 Å². The summed E-state index contributed by atoms with van der Waals surface area (Å²) in [4.78, 5) is 4.13. The number of aliphatic hydroxyl groups is 2. The quantitative estimate of drug-likeness (QED) is 0.550. The van der Waals surface area contributed by atoms with E-state index in [2.05, 4.69) is 10.3 Å². The Bertz CT molecular complexity index is 301. The van der Waals surface area contributed by atoms with Crippen molar-refractivity contribution in [3.8, 4) is 0 Å². The summed E-state index contributed by atoms with van der Waals surface area (Å²) in [6.45, 7) is 2.05. The van der Waals surface area contributed by atoms with Gasteiger partial charge in [-0.3, -0.25) is 4.98 Å². The Morgan fingerprint density at radius 3 is 2.44 bits per heavy atom. The summed E-state index contributed by atoms with van der Waals surface area (Å²) in [6, 6.07) is 3.66. The molecular formula is C11H19N3O2. The lowest BCUT2D eigenvalue weighted by atomic mass is 9.98. The SMILES string of the molecule is CCC(CO)(CO)Nc1ccc(CN)nc1. The Morgan fingerprint density at radius 2 is 2.06 bits per heavy atom. The van der Waals surface area contributed by atoms with Crippen molar-refractivity contribution >= 4 is 5.69 Å². The number of nitrogens with one attached hydrogen (secondary N) is 1. The van der Waals surface area contributed by atoms with E-state index in [1.54, 1.807) is 6.20 Å². The highest BCUT2D eigenvalue weighted by molar-refractivity contribution is 5.44. The van der Waals surface area contributed by atoms with Crippen molar-refractivity contribution in [3.05, 3.63) is 24.0 Å². The summed E-state index contributed by atoms with van der Waals surface area (Å²) < 4.78 is 0. The Kier molecular flexibility index (Phi) is 4.67. The summed E-state index contributed by atoms with van der Waals surface area (Å²) in [7, 11) is 0. The highest BCUT2D eigenvalue weighted by Gasteiger charge is 2.26. The molecule has 0 aliphatic rings. The van der Waals surface area contributed by atoms with Crippen molar-refractivity contribution in [1.29, 1.82) is 0 Å². The molecule has 90 valence electrons. The van der Waals surface area contributed by atoms with Crippen LogP contribution in [-0.2, 0) is 6.54 Å². The monoisotopic (exact) mass is 225 g/mol. The van der Waals surface area contributed by atoms with Crippen LogP contribution in [0.3, 0.4) is 0 Å². The number of nitrogens with two attached hydrogens (primary N) is 1. The van der Waals surface area contributed by atoms with Crippen molar-refractivity contribution in [2.45, 2.75) is 25.4 Å². The smallest absolute Gasteiger partial charge is 0.0832 e. The number of anilines is 1. The molecule has 0 spiro atoms. The van der Waals surface area contributed by atoms with Crippen LogP contribution in [0, 0.1) is 0 Å². The maximum Gasteiger partial charge on any atom is 0.0832 e. The maximum atomic E-state index is 9.28. The van der Waals surface area contributed by atoms with Gasteiger partial charge in [0.15, 0.2) is 0 Å². The molecule has 0 fully saturated rings. The molecule has 0 bridgehead atoms. The van der Waals surface area contributed by atoms with E-state index in [0.29, 0.717) is 13.0 Å². The molecule has 0 atom stereocenters. The van der Waals surface area contributed by atoms with Gasteiger partial charge in [-0.2, -0.15) is 0 Å². The van der Waals surface area contributed by atoms with Crippen molar-refractivity contribution < 1.29 is 10.2 Å². The minimum atomic E-state index is -0.689. The summed E-state index contributed by atoms with van der Waals surface area (Å²) in [6.07, 6.45) is 2.27. The van der Waals surface area contributed by atoms with E-state index in [1.165, 1.54) is 0 Å². The van der Waals surface area contributed by atoms with Crippen LogP contribution in [-0.4, -0.2) is 33.9 Å². The average Bonchev–Trinajstić information content (AvgIpc) is 2.37. The molecule has 5 nitrogen and oxygen atoms in total. The molecule has 1 heterocycles. The van der Waals surface area contributed by atoms with Crippen LogP contribution < -0.4 is 11.1 Å². The fraction of sp³-hybridized carbons (Fsp3) is 0.545. The topological polar surface area (TPSA) is 91.4 Å². The first-order valence-electron chi connectivity index (χ1n) is 5.34. The largest absolute Gasteiger partial charge is 0.394 e. The minimum absolute atomic E-state index is 0.126. The lowest BCUT2D eigenvalue weighted by Gasteiger charge is -2.30. The summed E-state index contributed by atoms with van der Waals surface area (Å²) in [5.41, 5.74) is 6.33. The van der Waals surface area contributed by atoms with Gasteiger partial charge in [-0.25, -0.2) is 0 Å². The number of pyridine rings is 1. The van der Waals surface area contributed by atoms with Gasteiger partial charge in [-0.15, -0.1) is 0 Å². The van der Waals surface area contributed by atoms with Crippen LogP contribution in [0.2, 0.25) is 0 Å². The van der Waals surface area contributed by atoms with Gasteiger partial charge in [0, 0.05) is 6.54 Å². The number of hydrogen-bond donors (Lipinski definition) is 4. The number of aliphatic hydroxyl groups excluding tert-OH is 2. The fourth-order valence-electron chi connectivity index (χ4n) is 1.37. The molecule has 0 aliphatic carbocycles. The van der Waals surface area contributed by atoms with Crippen LogP contribution in [0.25, 0.3) is 0 Å². The van der Waals surface area contributed by atoms with E-state index in [0.717, 1.165) is 11.4 Å². The number of rotatable bonds is 6. The van der Waals surface area contributed by atoms with Gasteiger partial charge in [0.2, 0.25) is 0 Å². The van der Waals surface area contributed by atoms with Crippen LogP contribution in [0.4, 0.5) is 5.69 Å². The van der Waals surface area contributed by atoms with Gasteiger partial charge in [-0.1, -0.05) is 6.92 Å². The minimum Gasteiger partial charge on any atom is -0.394 e. The van der Waals surface area contributed by atoms with Gasteiger partial charge in [0.1, 0.15) is 0 Å². The van der Waals surface area contributed by atoms with Crippen molar-refractivity contribution in [2.24, 2.45) is 5.73 Å². The normalized spacial score (nSPS) is 11.5. The second kappa shape index (κ2) is 5.79. The molecule has 5 N–H and O–H groups in total. The van der Waals surface area contributed by atoms with E-state index in [4.69, 9.17) is 5.73 Å². The molecule has 5 heteroatoms. The average molecular weight is 225 g/mol. The molecule has 0 aliphatic heterocycles. The van der Waals surface area contributed by atoms with E-state index >= 15 is 0 Å². The first-order chi connectivity index (χ1) is 7.69. The van der Waals surface area contributed by atoms with Gasteiger partial charge >= 0.3 is 0 Å². The van der Waals surface area contributed by atoms with Gasteiger partial charge < -0.3 is 21.3 Å². The van der Waals surface area contributed by atoms with E-state index in [9.17, 15) is 10.2 Å². The fourth-order valence-corrected chi connectivity index (χ4v) is 1.37. The molecule has 0 saturated carbocycles. The highest BCUT2D eigenvalue weighted by atomic mass is 16.3. The zero-order valence-corrected chi connectivity index (χ0v) is 9.48. The molecule has 0 saturated heterocycles. The van der Waals surface area contributed by atoms with Crippen LogP contribution in [0.15, 0.2) is 18.3 Å². The van der Waals surface area contributed by atoms with E-state index in [1.807, 2.05) is 19.1 Å². The van der Waals surface area contributed by atoms with E-state index in [-0.39, 0.29) is 13.2 Å². The van der Waals surface area contributed by atoms with Crippen LogP contribution in [0.1, 0.15) is 19.0 Å². The van der Waals surface area contributed by atoms with Crippen LogP contribution >= 0.6 is 0 Å². The molecule has 1 aromatic heterocycles.